The van der Waals surface area contributed by atoms with E-state index < -0.39 is 36.4 Å². The average molecular weight is 507 g/mol. The van der Waals surface area contributed by atoms with Crippen LogP contribution >= 0.6 is 11.3 Å². The third kappa shape index (κ3) is 5.55. The minimum absolute atomic E-state index is 0.133. The van der Waals surface area contributed by atoms with Gasteiger partial charge in [-0.3, -0.25) is 14.4 Å². The van der Waals surface area contributed by atoms with Crippen molar-refractivity contribution >= 4 is 29.1 Å². The second-order valence-electron chi connectivity index (χ2n) is 8.17. The summed E-state index contributed by atoms with van der Waals surface area (Å²) < 4.78 is 29.5. The van der Waals surface area contributed by atoms with Crippen molar-refractivity contribution in [3.63, 3.8) is 0 Å². The summed E-state index contributed by atoms with van der Waals surface area (Å²) >= 11 is 1.57. The summed E-state index contributed by atoms with van der Waals surface area (Å²) in [5.74, 6) is -3.30. The fraction of sp³-hybridized carbons (Fsp3) is 0.480. The smallest absolute Gasteiger partial charge is 0.308 e. The minimum Gasteiger partial charge on any atom is -0.466 e. The van der Waals surface area contributed by atoms with E-state index in [0.717, 1.165) is 16.7 Å². The molecule has 2 aromatic rings. The Kier molecular flexibility index (Phi) is 8.98. The number of ether oxygens (including phenoxy) is 3. The Labute approximate surface area is 208 Å². The van der Waals surface area contributed by atoms with Crippen molar-refractivity contribution in [3.8, 4) is 11.1 Å². The number of nitrogens with zero attached hydrogens (tertiary/aromatic N) is 1. The van der Waals surface area contributed by atoms with E-state index in [-0.39, 0.29) is 25.5 Å². The molecule has 1 aliphatic heterocycles. The van der Waals surface area contributed by atoms with E-state index in [9.17, 15) is 18.8 Å². The first-order valence-electron chi connectivity index (χ1n) is 11.4. The van der Waals surface area contributed by atoms with Crippen molar-refractivity contribution < 1.29 is 33.0 Å². The van der Waals surface area contributed by atoms with Crippen LogP contribution in [0.5, 0.6) is 0 Å². The molecular weight excluding hydrogens is 475 g/mol. The van der Waals surface area contributed by atoms with Gasteiger partial charge in [0, 0.05) is 26.3 Å². The number of hydrogen-bond acceptors (Lipinski definition) is 7. The Balaban J connectivity index is 1.82. The van der Waals surface area contributed by atoms with Crippen LogP contribution in [0, 0.1) is 0 Å². The number of fused-ring (bicyclic) bond motifs is 1. The summed E-state index contributed by atoms with van der Waals surface area (Å²) in [6.45, 7) is 2.73. The number of nitrogens with one attached hydrogen (secondary N) is 1. The van der Waals surface area contributed by atoms with Crippen LogP contribution in [-0.4, -0.2) is 68.1 Å². The fourth-order valence-electron chi connectivity index (χ4n) is 4.27. The third-order valence-corrected chi connectivity index (χ3v) is 6.95. The molecule has 1 aromatic carbocycles. The van der Waals surface area contributed by atoms with Crippen LogP contribution in [0.1, 0.15) is 42.6 Å². The van der Waals surface area contributed by atoms with Gasteiger partial charge in [-0.15, -0.1) is 0 Å². The number of methoxy groups -OCH3 is 2. The van der Waals surface area contributed by atoms with Crippen molar-refractivity contribution in [1.29, 1.82) is 0 Å². The zero-order valence-electron chi connectivity index (χ0n) is 20.3. The molecule has 2 heterocycles. The SMILES string of the molecule is CCOC(=O)CC(NC(=O)C(CC)N1Cc2ccc(-c3ccsc3)cc2C1=O)C(CF)(OC)OC. The van der Waals surface area contributed by atoms with Gasteiger partial charge >= 0.3 is 5.97 Å². The zero-order valence-corrected chi connectivity index (χ0v) is 21.2. The van der Waals surface area contributed by atoms with E-state index >= 15 is 0 Å². The van der Waals surface area contributed by atoms with Crippen molar-refractivity contribution in [1.82, 2.24) is 10.2 Å². The normalized spacial score (nSPS) is 15.0. The van der Waals surface area contributed by atoms with E-state index in [2.05, 4.69) is 5.32 Å². The summed E-state index contributed by atoms with van der Waals surface area (Å²) in [4.78, 5) is 40.3. The van der Waals surface area contributed by atoms with Gasteiger partial charge in [0.15, 0.2) is 0 Å². The Morgan fingerprint density at radius 2 is 1.94 bits per heavy atom. The summed E-state index contributed by atoms with van der Waals surface area (Å²) in [6.07, 6.45) is -0.0442. The molecule has 0 bridgehead atoms. The monoisotopic (exact) mass is 506 g/mol. The highest BCUT2D eigenvalue weighted by Crippen LogP contribution is 2.31. The minimum atomic E-state index is -1.88. The fourth-order valence-corrected chi connectivity index (χ4v) is 4.94. The quantitative estimate of drug-likeness (QED) is 0.350. The second kappa shape index (κ2) is 11.7. The van der Waals surface area contributed by atoms with Crippen LogP contribution in [0.4, 0.5) is 4.39 Å². The van der Waals surface area contributed by atoms with Gasteiger partial charge in [0.2, 0.25) is 11.7 Å². The molecular formula is C25H31FN2O6S. The average Bonchev–Trinajstić information content (AvgIpc) is 3.50. The predicted molar refractivity (Wildman–Crippen MR) is 130 cm³/mol. The number of carbonyl (C=O) groups excluding carboxylic acids is 3. The molecule has 1 aliphatic rings. The lowest BCUT2D eigenvalue weighted by molar-refractivity contribution is -0.235. The van der Waals surface area contributed by atoms with Crippen LogP contribution in [0.25, 0.3) is 11.1 Å². The van der Waals surface area contributed by atoms with Crippen molar-refractivity contribution in [2.45, 2.75) is 51.1 Å². The van der Waals surface area contributed by atoms with Gasteiger partial charge in [-0.1, -0.05) is 19.1 Å². The molecule has 1 aromatic heterocycles. The first-order chi connectivity index (χ1) is 16.8. The molecule has 2 atom stereocenters. The van der Waals surface area contributed by atoms with E-state index in [0.29, 0.717) is 12.0 Å². The molecule has 190 valence electrons. The molecule has 2 amide bonds. The number of thiophene rings is 1. The number of alkyl halides is 1. The lowest BCUT2D eigenvalue weighted by Crippen LogP contribution is -2.60. The largest absolute Gasteiger partial charge is 0.466 e. The molecule has 0 saturated heterocycles. The molecule has 10 heteroatoms. The maximum atomic E-state index is 14.0. The van der Waals surface area contributed by atoms with Crippen molar-refractivity contribution in [3.05, 3.63) is 46.2 Å². The van der Waals surface area contributed by atoms with Crippen LogP contribution in [-0.2, 0) is 30.3 Å². The molecule has 0 fully saturated rings. The number of benzene rings is 1. The van der Waals surface area contributed by atoms with Gasteiger partial charge in [-0.2, -0.15) is 11.3 Å². The third-order valence-electron chi connectivity index (χ3n) is 6.26. The van der Waals surface area contributed by atoms with E-state index in [1.807, 2.05) is 35.0 Å². The number of rotatable bonds is 12. The lowest BCUT2D eigenvalue weighted by Gasteiger charge is -2.37. The maximum absolute atomic E-state index is 14.0. The van der Waals surface area contributed by atoms with E-state index in [1.54, 1.807) is 25.2 Å². The standard InChI is InChI=1S/C25H31FN2O6S/c1-5-20(23(30)27-21(12-22(29)34-6-2)25(15-26,32-3)33-4)28-13-17-8-7-16(11-19(17)24(28)31)18-9-10-35-14-18/h7-11,14,20-21H,5-6,12-13,15H2,1-4H3,(H,27,30). The number of carbonyl (C=O) groups is 3. The molecule has 8 nitrogen and oxygen atoms in total. The Bertz CT molecular complexity index is 1030. The number of hydrogen-bond donors (Lipinski definition) is 1. The Hall–Kier alpha value is -2.82. The van der Waals surface area contributed by atoms with Gasteiger partial charge in [0.25, 0.3) is 5.91 Å². The van der Waals surface area contributed by atoms with Gasteiger partial charge in [-0.25, -0.2) is 4.39 Å². The number of esters is 1. The highest BCUT2D eigenvalue weighted by Gasteiger charge is 2.44. The molecule has 0 spiro atoms. The molecule has 0 aliphatic carbocycles. The van der Waals surface area contributed by atoms with Crippen LogP contribution in [0.3, 0.4) is 0 Å². The predicted octanol–water partition coefficient (Wildman–Crippen LogP) is 3.55. The highest BCUT2D eigenvalue weighted by molar-refractivity contribution is 7.08. The van der Waals surface area contributed by atoms with Gasteiger partial charge in [-0.05, 0) is 52.9 Å². The topological polar surface area (TPSA) is 94.2 Å². The summed E-state index contributed by atoms with van der Waals surface area (Å²) in [5, 5.41) is 6.66. The van der Waals surface area contributed by atoms with Gasteiger partial charge in [0.05, 0.1) is 19.1 Å². The van der Waals surface area contributed by atoms with Crippen LogP contribution in [0.15, 0.2) is 35.0 Å². The molecule has 1 N–H and O–H groups in total. The Morgan fingerprint density at radius 1 is 1.20 bits per heavy atom. The number of halogens is 1. The second-order valence-corrected chi connectivity index (χ2v) is 8.95. The lowest BCUT2D eigenvalue weighted by atomic mass is 10.0. The molecule has 0 saturated carbocycles. The van der Waals surface area contributed by atoms with Crippen LogP contribution < -0.4 is 5.32 Å². The molecule has 0 radical (unpaired) electrons. The summed E-state index contributed by atoms with van der Waals surface area (Å²) in [7, 11) is 2.47. The number of amides is 2. The molecule has 2 unspecified atom stereocenters. The van der Waals surface area contributed by atoms with Crippen LogP contribution in [0.2, 0.25) is 0 Å². The zero-order chi connectivity index (χ0) is 25.6. The summed E-state index contributed by atoms with van der Waals surface area (Å²) in [6, 6.07) is 5.68. The first-order valence-corrected chi connectivity index (χ1v) is 12.4. The van der Waals surface area contributed by atoms with Gasteiger partial charge < -0.3 is 24.4 Å². The van der Waals surface area contributed by atoms with E-state index in [4.69, 9.17) is 14.2 Å². The Morgan fingerprint density at radius 3 is 2.51 bits per heavy atom. The molecule has 3 rings (SSSR count). The summed E-state index contributed by atoms with van der Waals surface area (Å²) in [5.41, 5.74) is 3.34. The van der Waals surface area contributed by atoms with E-state index in [1.165, 1.54) is 19.1 Å². The van der Waals surface area contributed by atoms with Gasteiger partial charge in [0.1, 0.15) is 12.7 Å². The highest BCUT2D eigenvalue weighted by atomic mass is 32.1. The maximum Gasteiger partial charge on any atom is 0.308 e. The first kappa shape index (κ1) is 26.8. The van der Waals surface area contributed by atoms with Crippen molar-refractivity contribution in [2.75, 3.05) is 27.5 Å². The van der Waals surface area contributed by atoms with Crippen molar-refractivity contribution in [2.24, 2.45) is 0 Å². The molecule has 35 heavy (non-hydrogen) atoms.